The third-order valence-electron chi connectivity index (χ3n) is 5.72. The fourth-order valence-corrected chi connectivity index (χ4v) is 4.69. The maximum Gasteiger partial charge on any atom is 0.294 e. The van der Waals surface area contributed by atoms with Crippen molar-refractivity contribution in [3.05, 3.63) is 84.6 Å². The summed E-state index contributed by atoms with van der Waals surface area (Å²) in [7, 11) is 3.23. The number of hydrogen-bond donors (Lipinski definition) is 0. The highest BCUT2D eigenvalue weighted by molar-refractivity contribution is 7.18. The Morgan fingerprint density at radius 3 is 2.54 bits per heavy atom. The lowest BCUT2D eigenvalue weighted by Crippen LogP contribution is -1.97. The highest BCUT2D eigenvalue weighted by atomic mass is 32.1. The number of methoxy groups -OCH3 is 2. The third kappa shape index (κ3) is 4.08. The van der Waals surface area contributed by atoms with Crippen LogP contribution in [0.25, 0.3) is 38.5 Å². The van der Waals surface area contributed by atoms with Gasteiger partial charge in [-0.05, 0) is 46.7 Å². The molecule has 0 spiro atoms. The molecule has 0 aliphatic rings. The van der Waals surface area contributed by atoms with E-state index in [0.29, 0.717) is 34.6 Å². The Bertz CT molecular complexity index is 1600. The maximum absolute atomic E-state index is 6.20. The van der Waals surface area contributed by atoms with Crippen LogP contribution in [0.1, 0.15) is 5.56 Å². The number of fused-ring (bicyclic) bond motifs is 2. The van der Waals surface area contributed by atoms with Crippen molar-refractivity contribution in [3.8, 4) is 39.3 Å². The Morgan fingerprint density at radius 2 is 1.74 bits per heavy atom. The summed E-state index contributed by atoms with van der Waals surface area (Å²) in [4.78, 5) is 5.37. The number of rotatable bonds is 7. The molecule has 6 aromatic rings. The number of furan rings is 1. The van der Waals surface area contributed by atoms with E-state index in [2.05, 4.69) is 28.3 Å². The van der Waals surface area contributed by atoms with Crippen molar-refractivity contribution in [1.29, 1.82) is 0 Å². The normalized spacial score (nSPS) is 11.3. The van der Waals surface area contributed by atoms with Gasteiger partial charge in [-0.15, -0.1) is 5.10 Å². The SMILES string of the molecule is COc1cc(COc2cccc(-c3ccccc3)c2)c2cc(-c3cn4nc(OC)sc4n3)oc2c1. The van der Waals surface area contributed by atoms with Crippen molar-refractivity contribution in [2.75, 3.05) is 14.2 Å². The van der Waals surface area contributed by atoms with Gasteiger partial charge in [0.15, 0.2) is 5.76 Å². The van der Waals surface area contributed by atoms with Crippen LogP contribution in [0, 0.1) is 0 Å². The molecule has 0 bridgehead atoms. The summed E-state index contributed by atoms with van der Waals surface area (Å²) in [6.07, 6.45) is 1.83. The molecule has 0 saturated heterocycles. The predicted molar refractivity (Wildman–Crippen MR) is 135 cm³/mol. The van der Waals surface area contributed by atoms with E-state index in [0.717, 1.165) is 32.8 Å². The summed E-state index contributed by atoms with van der Waals surface area (Å²) in [5, 5.41) is 5.84. The minimum Gasteiger partial charge on any atom is -0.497 e. The zero-order chi connectivity index (χ0) is 23.8. The molecule has 0 N–H and O–H groups in total. The molecular weight excluding hydrogens is 462 g/mol. The Kier molecular flexibility index (Phi) is 5.35. The van der Waals surface area contributed by atoms with Gasteiger partial charge in [-0.2, -0.15) is 0 Å². The van der Waals surface area contributed by atoms with Crippen molar-refractivity contribution < 1.29 is 18.6 Å². The molecule has 3 aromatic carbocycles. The largest absolute Gasteiger partial charge is 0.497 e. The summed E-state index contributed by atoms with van der Waals surface area (Å²) in [5.74, 6) is 2.14. The van der Waals surface area contributed by atoms with Gasteiger partial charge in [0.1, 0.15) is 29.4 Å². The molecule has 0 radical (unpaired) electrons. The molecule has 35 heavy (non-hydrogen) atoms. The monoisotopic (exact) mass is 483 g/mol. The van der Waals surface area contributed by atoms with E-state index >= 15 is 0 Å². The standard InChI is InChI=1S/C27H21N3O4S/c1-31-21-12-19(16-33-20-10-6-9-18(11-20)17-7-4-3-5-8-17)22-14-25(34-24(22)13-21)23-15-30-26(28-23)35-27(29-30)32-2/h3-15H,16H2,1-2H3. The Balaban J connectivity index is 1.31. The first-order valence-corrected chi connectivity index (χ1v) is 11.8. The summed E-state index contributed by atoms with van der Waals surface area (Å²) in [5.41, 5.74) is 4.62. The van der Waals surface area contributed by atoms with Crippen LogP contribution in [0.3, 0.4) is 0 Å². The molecule has 0 atom stereocenters. The van der Waals surface area contributed by atoms with Gasteiger partial charge >= 0.3 is 0 Å². The number of imidazole rings is 1. The van der Waals surface area contributed by atoms with Crippen LogP contribution in [-0.4, -0.2) is 28.8 Å². The number of hydrogen-bond acceptors (Lipinski definition) is 7. The second-order valence-corrected chi connectivity index (χ2v) is 8.84. The van der Waals surface area contributed by atoms with Crippen molar-refractivity contribution in [3.63, 3.8) is 0 Å². The molecule has 0 saturated carbocycles. The van der Waals surface area contributed by atoms with Gasteiger partial charge in [-0.3, -0.25) is 0 Å². The quantitative estimate of drug-likeness (QED) is 0.259. The molecule has 0 aliphatic heterocycles. The van der Waals surface area contributed by atoms with E-state index in [4.69, 9.17) is 18.6 Å². The number of ether oxygens (including phenoxy) is 3. The number of benzene rings is 3. The first kappa shape index (κ1) is 21.2. The molecular formula is C27H21N3O4S. The fraction of sp³-hybridized carbons (Fsp3) is 0.111. The lowest BCUT2D eigenvalue weighted by molar-refractivity contribution is 0.307. The van der Waals surface area contributed by atoms with Crippen LogP contribution >= 0.6 is 11.3 Å². The van der Waals surface area contributed by atoms with Crippen LogP contribution in [0.4, 0.5) is 0 Å². The van der Waals surface area contributed by atoms with Gasteiger partial charge in [-0.1, -0.05) is 42.5 Å². The topological polar surface area (TPSA) is 71.0 Å². The van der Waals surface area contributed by atoms with E-state index in [1.54, 1.807) is 18.7 Å². The minimum absolute atomic E-state index is 0.363. The van der Waals surface area contributed by atoms with E-state index in [9.17, 15) is 0 Å². The van der Waals surface area contributed by atoms with Crippen molar-refractivity contribution >= 4 is 27.3 Å². The summed E-state index contributed by atoms with van der Waals surface area (Å²) in [6.45, 7) is 0.363. The molecule has 3 heterocycles. The first-order chi connectivity index (χ1) is 17.2. The average molecular weight is 484 g/mol. The van der Waals surface area contributed by atoms with Crippen molar-refractivity contribution in [2.24, 2.45) is 0 Å². The van der Waals surface area contributed by atoms with E-state index in [-0.39, 0.29) is 0 Å². The molecule has 0 unspecified atom stereocenters. The van der Waals surface area contributed by atoms with E-state index < -0.39 is 0 Å². The molecule has 0 amide bonds. The van der Waals surface area contributed by atoms with Gasteiger partial charge in [0.25, 0.3) is 5.19 Å². The molecule has 8 heteroatoms. The lowest BCUT2D eigenvalue weighted by atomic mass is 10.1. The van der Waals surface area contributed by atoms with Crippen molar-refractivity contribution in [2.45, 2.75) is 6.61 Å². The van der Waals surface area contributed by atoms with E-state index in [1.165, 1.54) is 11.3 Å². The predicted octanol–water partition coefficient (Wildman–Crippen LogP) is 6.47. The summed E-state index contributed by atoms with van der Waals surface area (Å²) >= 11 is 1.37. The van der Waals surface area contributed by atoms with E-state index in [1.807, 2.05) is 60.8 Å². The summed E-state index contributed by atoms with van der Waals surface area (Å²) < 4.78 is 24.7. The Morgan fingerprint density at radius 1 is 0.886 bits per heavy atom. The van der Waals surface area contributed by atoms with Crippen LogP contribution < -0.4 is 14.2 Å². The second-order valence-electron chi connectivity index (χ2n) is 7.92. The zero-order valence-electron chi connectivity index (χ0n) is 19.1. The summed E-state index contributed by atoms with van der Waals surface area (Å²) in [6, 6.07) is 24.2. The third-order valence-corrected chi connectivity index (χ3v) is 6.60. The van der Waals surface area contributed by atoms with Crippen molar-refractivity contribution in [1.82, 2.24) is 14.6 Å². The van der Waals surface area contributed by atoms with Crippen LogP contribution in [0.2, 0.25) is 0 Å². The Hall–Kier alpha value is -4.30. The number of nitrogens with zero attached hydrogens (tertiary/aromatic N) is 3. The maximum atomic E-state index is 6.20. The highest BCUT2D eigenvalue weighted by Crippen LogP contribution is 2.34. The van der Waals surface area contributed by atoms with Crippen LogP contribution in [-0.2, 0) is 6.61 Å². The molecule has 3 aromatic heterocycles. The van der Waals surface area contributed by atoms with Gasteiger partial charge in [0.05, 0.1) is 20.4 Å². The molecule has 0 aliphatic carbocycles. The minimum atomic E-state index is 0.363. The number of aromatic nitrogens is 3. The first-order valence-electron chi connectivity index (χ1n) is 11.0. The lowest BCUT2D eigenvalue weighted by Gasteiger charge is -2.10. The van der Waals surface area contributed by atoms with Crippen LogP contribution in [0.15, 0.2) is 83.4 Å². The molecule has 0 fully saturated rings. The van der Waals surface area contributed by atoms with Gasteiger partial charge in [-0.25, -0.2) is 9.50 Å². The van der Waals surface area contributed by atoms with Gasteiger partial charge in [0.2, 0.25) is 4.96 Å². The molecule has 6 rings (SSSR count). The van der Waals surface area contributed by atoms with Crippen LogP contribution in [0.5, 0.6) is 16.7 Å². The van der Waals surface area contributed by atoms with Gasteiger partial charge < -0.3 is 18.6 Å². The highest BCUT2D eigenvalue weighted by Gasteiger charge is 2.17. The zero-order valence-corrected chi connectivity index (χ0v) is 19.9. The Labute approximate surface area is 205 Å². The fourth-order valence-electron chi connectivity index (χ4n) is 3.99. The smallest absolute Gasteiger partial charge is 0.294 e. The average Bonchev–Trinajstić information content (AvgIpc) is 3.60. The second kappa shape index (κ2) is 8.81. The van der Waals surface area contributed by atoms with Gasteiger partial charge in [0, 0.05) is 17.0 Å². The molecule has 174 valence electrons. The molecule has 7 nitrogen and oxygen atoms in total.